The third-order valence-corrected chi connectivity index (χ3v) is 7.55. The van der Waals surface area contributed by atoms with Gasteiger partial charge in [0.05, 0.1) is 18.1 Å². The van der Waals surface area contributed by atoms with Crippen molar-refractivity contribution in [1.29, 1.82) is 0 Å². The number of carbonyl (C=O) groups is 3. The summed E-state index contributed by atoms with van der Waals surface area (Å²) in [6, 6.07) is 0. The summed E-state index contributed by atoms with van der Waals surface area (Å²) in [6.45, 7) is 3.58. The maximum Gasteiger partial charge on any atom is 0.511 e. The normalized spacial score (nSPS) is 30.5. The fourth-order valence-electron chi connectivity index (χ4n) is 4.52. The molecule has 9 nitrogen and oxygen atoms in total. The summed E-state index contributed by atoms with van der Waals surface area (Å²) in [5.41, 5.74) is 0.125. The Hall–Kier alpha value is -1.78. The van der Waals surface area contributed by atoms with E-state index in [0.717, 1.165) is 44.9 Å². The number of nitrogens with zero attached hydrogens (tertiary/aromatic N) is 1. The van der Waals surface area contributed by atoms with E-state index >= 15 is 0 Å². The van der Waals surface area contributed by atoms with E-state index in [9.17, 15) is 19.5 Å². The molecule has 1 N–H and O–H groups in total. The van der Waals surface area contributed by atoms with E-state index in [1.165, 1.54) is 23.6 Å². The first kappa shape index (κ1) is 22.4. The number of esters is 1. The molecule has 1 saturated carbocycles. The van der Waals surface area contributed by atoms with Crippen LogP contribution < -0.4 is 0 Å². The van der Waals surface area contributed by atoms with Crippen molar-refractivity contribution < 1.29 is 38.4 Å². The number of fused-ring (bicyclic) bond motifs is 1. The second-order valence-electron chi connectivity index (χ2n) is 8.42. The minimum Gasteiger partial charge on any atom is -0.431 e. The van der Waals surface area contributed by atoms with E-state index in [0.29, 0.717) is 11.5 Å². The second-order valence-corrected chi connectivity index (χ2v) is 9.57. The van der Waals surface area contributed by atoms with Crippen molar-refractivity contribution in [1.82, 2.24) is 4.90 Å². The lowest BCUT2D eigenvalue weighted by atomic mass is 9.92. The van der Waals surface area contributed by atoms with Crippen LogP contribution in [0.4, 0.5) is 4.79 Å². The van der Waals surface area contributed by atoms with E-state index < -0.39 is 30.4 Å². The molecule has 31 heavy (non-hydrogen) atoms. The molecular formula is C21H29NO8S. The van der Waals surface area contributed by atoms with Crippen LogP contribution in [0.5, 0.6) is 0 Å². The van der Waals surface area contributed by atoms with E-state index in [4.69, 9.17) is 18.9 Å². The number of amides is 1. The molecular weight excluding hydrogens is 426 g/mol. The molecule has 1 aliphatic carbocycles. The van der Waals surface area contributed by atoms with Crippen LogP contribution in [0.3, 0.4) is 0 Å². The maximum atomic E-state index is 13.0. The Balaban J connectivity index is 1.40. The Labute approximate surface area is 185 Å². The summed E-state index contributed by atoms with van der Waals surface area (Å²) in [4.78, 5) is 39.6. The first-order chi connectivity index (χ1) is 14.9. The van der Waals surface area contributed by atoms with Crippen molar-refractivity contribution >= 4 is 29.8 Å². The van der Waals surface area contributed by atoms with Gasteiger partial charge in [-0.15, -0.1) is 0 Å². The Morgan fingerprint density at radius 2 is 1.87 bits per heavy atom. The minimum absolute atomic E-state index is 0.125. The molecule has 3 fully saturated rings. The molecule has 5 atom stereocenters. The van der Waals surface area contributed by atoms with Gasteiger partial charge in [0.1, 0.15) is 17.2 Å². The van der Waals surface area contributed by atoms with Gasteiger partial charge >= 0.3 is 12.1 Å². The number of β-lactam (4-membered cyclic amide) rings is 1. The Morgan fingerprint density at radius 3 is 2.52 bits per heavy atom. The number of thioether (sulfide) groups is 1. The second kappa shape index (κ2) is 9.38. The monoisotopic (exact) mass is 455 g/mol. The number of rotatable bonds is 6. The first-order valence-electron chi connectivity index (χ1n) is 11.0. The molecule has 0 bridgehead atoms. The van der Waals surface area contributed by atoms with Crippen molar-refractivity contribution in [3.05, 3.63) is 10.6 Å². The zero-order valence-electron chi connectivity index (χ0n) is 17.8. The Kier molecular flexibility index (Phi) is 6.78. The Bertz CT molecular complexity index is 756. The average molecular weight is 456 g/mol. The molecule has 0 spiro atoms. The van der Waals surface area contributed by atoms with Crippen LogP contribution in [-0.4, -0.2) is 64.6 Å². The molecule has 0 aromatic rings. The molecule has 3 heterocycles. The molecule has 1 amide bonds. The third kappa shape index (κ3) is 4.56. The van der Waals surface area contributed by atoms with E-state index in [-0.39, 0.29) is 29.2 Å². The zero-order valence-corrected chi connectivity index (χ0v) is 18.6. The number of aliphatic hydroxyl groups excluding tert-OH is 1. The van der Waals surface area contributed by atoms with Gasteiger partial charge in [-0.25, -0.2) is 9.59 Å². The van der Waals surface area contributed by atoms with Crippen LogP contribution in [0.1, 0.15) is 58.8 Å². The fourth-order valence-corrected chi connectivity index (χ4v) is 6.22. The summed E-state index contributed by atoms with van der Waals surface area (Å²) < 4.78 is 21.5. The van der Waals surface area contributed by atoms with Gasteiger partial charge in [-0.05, 0) is 45.4 Å². The van der Waals surface area contributed by atoms with E-state index in [1.807, 2.05) is 0 Å². The van der Waals surface area contributed by atoms with Crippen LogP contribution >= 0.6 is 11.8 Å². The quantitative estimate of drug-likeness (QED) is 0.367. The van der Waals surface area contributed by atoms with Gasteiger partial charge in [-0.2, -0.15) is 0 Å². The maximum absolute atomic E-state index is 13.0. The Morgan fingerprint density at radius 1 is 1.13 bits per heavy atom. The first-order valence-corrected chi connectivity index (χ1v) is 11.9. The molecule has 4 aliphatic rings. The highest BCUT2D eigenvalue weighted by Crippen LogP contribution is 2.52. The highest BCUT2D eigenvalue weighted by atomic mass is 32.2. The molecule has 4 rings (SSSR count). The highest BCUT2D eigenvalue weighted by molar-refractivity contribution is 8.04. The fraction of sp³-hybridized carbons (Fsp3) is 0.762. The summed E-state index contributed by atoms with van der Waals surface area (Å²) in [5.74, 6) is -1.65. The largest absolute Gasteiger partial charge is 0.511 e. The van der Waals surface area contributed by atoms with Crippen LogP contribution in [0, 0.1) is 5.92 Å². The molecule has 0 radical (unpaired) electrons. The van der Waals surface area contributed by atoms with Crippen molar-refractivity contribution in [2.75, 3.05) is 6.61 Å². The van der Waals surface area contributed by atoms with Crippen molar-refractivity contribution in [2.45, 2.75) is 88.8 Å². The lowest BCUT2D eigenvalue weighted by Crippen LogP contribution is -2.60. The molecule has 1 unspecified atom stereocenters. The summed E-state index contributed by atoms with van der Waals surface area (Å²) in [7, 11) is 0. The topological polar surface area (TPSA) is 112 Å². The van der Waals surface area contributed by atoms with Gasteiger partial charge < -0.3 is 24.1 Å². The average Bonchev–Trinajstić information content (AvgIpc) is 3.34. The van der Waals surface area contributed by atoms with Crippen LogP contribution in [0.2, 0.25) is 0 Å². The van der Waals surface area contributed by atoms with Crippen LogP contribution in [0.15, 0.2) is 10.6 Å². The number of carbonyl (C=O) groups excluding carboxylic acids is 3. The van der Waals surface area contributed by atoms with Gasteiger partial charge in [-0.1, -0.05) is 18.2 Å². The standard InChI is InChI=1S/C21H29NO8S/c1-11(23)15-18(24)22-16(17(31-19(15)22)14-9-6-10-27-14)20(25)28-12(2)29-21(26)30-13-7-4-3-5-8-13/h11-15,19,23H,3-10H2,1-2H3/t11-,12?,14-,15+,19-/m1/s1. The van der Waals surface area contributed by atoms with Gasteiger partial charge in [0.25, 0.3) is 0 Å². The third-order valence-electron chi connectivity index (χ3n) is 6.09. The highest BCUT2D eigenvalue weighted by Gasteiger charge is 2.59. The minimum atomic E-state index is -1.17. The summed E-state index contributed by atoms with van der Waals surface area (Å²) in [6.07, 6.45) is 3.07. The molecule has 10 heteroatoms. The molecule has 0 aromatic heterocycles. The predicted molar refractivity (Wildman–Crippen MR) is 109 cm³/mol. The molecule has 0 aromatic carbocycles. The number of hydrogen-bond acceptors (Lipinski definition) is 9. The van der Waals surface area contributed by atoms with Gasteiger partial charge in [0.2, 0.25) is 12.2 Å². The molecule has 3 aliphatic heterocycles. The number of aliphatic hydroxyl groups is 1. The number of hydrogen-bond donors (Lipinski definition) is 1. The number of ether oxygens (including phenoxy) is 4. The van der Waals surface area contributed by atoms with E-state index in [1.54, 1.807) is 6.92 Å². The van der Waals surface area contributed by atoms with Gasteiger partial charge in [0, 0.05) is 18.4 Å². The zero-order chi connectivity index (χ0) is 22.1. The summed E-state index contributed by atoms with van der Waals surface area (Å²) >= 11 is 1.37. The lowest BCUT2D eigenvalue weighted by Gasteiger charge is -2.43. The van der Waals surface area contributed by atoms with Gasteiger partial charge in [-0.3, -0.25) is 9.69 Å². The van der Waals surface area contributed by atoms with Crippen molar-refractivity contribution in [2.24, 2.45) is 5.92 Å². The van der Waals surface area contributed by atoms with E-state index in [2.05, 4.69) is 0 Å². The summed E-state index contributed by atoms with van der Waals surface area (Å²) in [5, 5.41) is 9.59. The molecule has 2 saturated heterocycles. The van der Waals surface area contributed by atoms with Crippen molar-refractivity contribution in [3.63, 3.8) is 0 Å². The smallest absolute Gasteiger partial charge is 0.431 e. The SMILES string of the molecule is CC(OC(=O)OC1CCCCC1)OC(=O)C1=C([C@H]2CCCO2)S[C@@H]2[C@@H]([C@@H](C)O)C(=O)N12. The van der Waals surface area contributed by atoms with Crippen LogP contribution in [-0.2, 0) is 28.5 Å². The van der Waals surface area contributed by atoms with Gasteiger partial charge in [0.15, 0.2) is 0 Å². The lowest BCUT2D eigenvalue weighted by molar-refractivity contribution is -0.172. The predicted octanol–water partition coefficient (Wildman–Crippen LogP) is 2.66. The van der Waals surface area contributed by atoms with Crippen molar-refractivity contribution in [3.8, 4) is 0 Å². The van der Waals surface area contributed by atoms with Crippen LogP contribution in [0.25, 0.3) is 0 Å². The molecule has 172 valence electrons.